The van der Waals surface area contributed by atoms with Crippen LogP contribution in [0, 0.1) is 6.92 Å². The molecule has 0 aromatic carbocycles. The summed E-state index contributed by atoms with van der Waals surface area (Å²) in [6.45, 7) is 3.24. The summed E-state index contributed by atoms with van der Waals surface area (Å²) < 4.78 is 4.72. The lowest BCUT2D eigenvalue weighted by Gasteiger charge is -2.19. The molecule has 0 spiro atoms. The van der Waals surface area contributed by atoms with Crippen LogP contribution in [0.4, 0.5) is 5.00 Å². The molecule has 1 saturated heterocycles. The number of aliphatic imine (C=N–C) groups is 1. The van der Waals surface area contributed by atoms with Gasteiger partial charge in [0.2, 0.25) is 11.8 Å². The average molecular weight is 367 g/mol. The van der Waals surface area contributed by atoms with Crippen LogP contribution in [0.3, 0.4) is 0 Å². The zero-order valence-corrected chi connectivity index (χ0v) is 15.0. The molecule has 128 valence electrons. The van der Waals surface area contributed by atoms with Crippen LogP contribution in [-0.2, 0) is 14.3 Å². The van der Waals surface area contributed by atoms with E-state index in [-0.39, 0.29) is 18.2 Å². The fourth-order valence-corrected chi connectivity index (χ4v) is 4.69. The number of aryl methyl sites for hydroxylation is 1. The van der Waals surface area contributed by atoms with Gasteiger partial charge in [-0.05, 0) is 19.4 Å². The van der Waals surface area contributed by atoms with E-state index in [0.717, 1.165) is 17.8 Å². The van der Waals surface area contributed by atoms with Crippen LogP contribution in [-0.4, -0.2) is 53.3 Å². The highest BCUT2D eigenvalue weighted by atomic mass is 32.2. The number of amides is 2. The van der Waals surface area contributed by atoms with Gasteiger partial charge in [0, 0.05) is 24.4 Å². The molecule has 1 aromatic rings. The maximum absolute atomic E-state index is 12.3. The van der Waals surface area contributed by atoms with E-state index in [9.17, 15) is 14.4 Å². The quantitative estimate of drug-likeness (QED) is 0.821. The summed E-state index contributed by atoms with van der Waals surface area (Å²) in [6.07, 6.45) is 0.905. The van der Waals surface area contributed by atoms with Crippen LogP contribution < -0.4 is 5.32 Å². The lowest BCUT2D eigenvalue weighted by Crippen LogP contribution is -2.36. The molecule has 2 amide bonds. The summed E-state index contributed by atoms with van der Waals surface area (Å²) in [4.78, 5) is 43.3. The summed E-state index contributed by atoms with van der Waals surface area (Å²) >= 11 is 2.65. The highest BCUT2D eigenvalue weighted by molar-refractivity contribution is 8.15. The molecule has 0 saturated carbocycles. The Kier molecular flexibility index (Phi) is 4.91. The number of carbonyl (C=O) groups is 3. The predicted octanol–water partition coefficient (Wildman–Crippen LogP) is 1.88. The van der Waals surface area contributed by atoms with Crippen LogP contribution in [0.2, 0.25) is 0 Å². The number of hydrogen-bond donors (Lipinski definition) is 1. The van der Waals surface area contributed by atoms with Crippen LogP contribution in [0.1, 0.15) is 28.1 Å². The molecule has 7 nitrogen and oxygen atoms in total. The monoisotopic (exact) mass is 367 g/mol. The third-order valence-corrected chi connectivity index (χ3v) is 5.87. The number of nitrogens with zero attached hydrogens (tertiary/aromatic N) is 2. The van der Waals surface area contributed by atoms with Gasteiger partial charge in [0.15, 0.2) is 5.17 Å². The highest BCUT2D eigenvalue weighted by Crippen LogP contribution is 2.33. The van der Waals surface area contributed by atoms with Crippen molar-refractivity contribution >= 4 is 51.1 Å². The van der Waals surface area contributed by atoms with Crippen molar-refractivity contribution < 1.29 is 19.1 Å². The molecule has 1 aromatic heterocycles. The smallest absolute Gasteiger partial charge is 0.340 e. The summed E-state index contributed by atoms with van der Waals surface area (Å²) in [7, 11) is 1.30. The molecule has 1 fully saturated rings. The van der Waals surface area contributed by atoms with Gasteiger partial charge in [0.1, 0.15) is 10.3 Å². The lowest BCUT2D eigenvalue weighted by molar-refractivity contribution is -0.128. The number of ether oxygens (including phenoxy) is 1. The molecule has 3 heterocycles. The van der Waals surface area contributed by atoms with Crippen molar-refractivity contribution in [1.82, 2.24) is 4.90 Å². The summed E-state index contributed by atoms with van der Waals surface area (Å²) in [5.41, 5.74) is 0.334. The van der Waals surface area contributed by atoms with Gasteiger partial charge < -0.3 is 10.1 Å². The Hall–Kier alpha value is -1.87. The number of methoxy groups -OCH3 is 1. The fraction of sp³-hybridized carbons (Fsp3) is 0.467. The van der Waals surface area contributed by atoms with E-state index >= 15 is 0 Å². The third-order valence-electron chi connectivity index (χ3n) is 3.69. The van der Waals surface area contributed by atoms with E-state index in [1.807, 2.05) is 6.92 Å². The maximum atomic E-state index is 12.3. The van der Waals surface area contributed by atoms with Gasteiger partial charge in [0.05, 0.1) is 12.7 Å². The van der Waals surface area contributed by atoms with E-state index in [1.54, 1.807) is 11.0 Å². The van der Waals surface area contributed by atoms with Gasteiger partial charge in [-0.1, -0.05) is 11.8 Å². The first-order valence-electron chi connectivity index (χ1n) is 7.50. The van der Waals surface area contributed by atoms with Crippen molar-refractivity contribution in [1.29, 1.82) is 0 Å². The zero-order chi connectivity index (χ0) is 17.3. The second kappa shape index (κ2) is 6.94. The molecule has 1 atom stereocenters. The zero-order valence-electron chi connectivity index (χ0n) is 13.3. The van der Waals surface area contributed by atoms with Crippen molar-refractivity contribution in [3.63, 3.8) is 0 Å². The number of amidine groups is 1. The number of nitrogens with one attached hydrogen (secondary N) is 1. The van der Waals surface area contributed by atoms with E-state index < -0.39 is 11.2 Å². The number of hydrogen-bond acceptors (Lipinski definition) is 7. The number of anilines is 1. The molecular weight excluding hydrogens is 350 g/mol. The van der Waals surface area contributed by atoms with Gasteiger partial charge in [-0.25, -0.2) is 4.79 Å². The van der Waals surface area contributed by atoms with Crippen LogP contribution >= 0.6 is 23.1 Å². The van der Waals surface area contributed by atoms with Crippen LogP contribution in [0.25, 0.3) is 0 Å². The standard InChI is InChI=1S/C15H17N3O4S2/c1-8-6-9(14(21)22-2)12(23-8)17-11(19)7-10-13(20)18-5-3-4-16-15(18)24-10/h6,10H,3-5,7H2,1-2H3,(H,17,19). The molecule has 1 unspecified atom stereocenters. The topological polar surface area (TPSA) is 88.1 Å². The molecule has 0 radical (unpaired) electrons. The van der Waals surface area contributed by atoms with Gasteiger partial charge in [0.25, 0.3) is 0 Å². The number of rotatable bonds is 4. The molecule has 1 N–H and O–H groups in total. The van der Waals surface area contributed by atoms with Crippen molar-refractivity contribution in [3.8, 4) is 0 Å². The largest absolute Gasteiger partial charge is 0.465 e. The first-order valence-corrected chi connectivity index (χ1v) is 9.20. The van der Waals surface area contributed by atoms with E-state index in [4.69, 9.17) is 4.74 Å². The van der Waals surface area contributed by atoms with Crippen LogP contribution in [0.5, 0.6) is 0 Å². The molecule has 0 aliphatic carbocycles. The van der Waals surface area contributed by atoms with Gasteiger partial charge in [-0.3, -0.25) is 19.5 Å². The van der Waals surface area contributed by atoms with Gasteiger partial charge in [-0.15, -0.1) is 11.3 Å². The minimum Gasteiger partial charge on any atom is -0.465 e. The first kappa shape index (κ1) is 17.0. The predicted molar refractivity (Wildman–Crippen MR) is 93.7 cm³/mol. The minimum absolute atomic E-state index is 0.0522. The number of thiophene rings is 1. The van der Waals surface area contributed by atoms with E-state index in [2.05, 4.69) is 10.3 Å². The Morgan fingerprint density at radius 2 is 2.29 bits per heavy atom. The Bertz CT molecular complexity index is 728. The SMILES string of the molecule is COC(=O)c1cc(C)sc1NC(=O)CC1SC2=NCCCN2C1=O. The summed E-state index contributed by atoms with van der Waals surface area (Å²) in [5.74, 6) is -0.857. The Morgan fingerprint density at radius 1 is 1.50 bits per heavy atom. The van der Waals surface area contributed by atoms with E-state index in [1.165, 1.54) is 30.2 Å². The Balaban J connectivity index is 1.67. The number of thioether (sulfide) groups is 1. The number of fused-ring (bicyclic) bond motifs is 1. The first-order chi connectivity index (χ1) is 11.5. The summed E-state index contributed by atoms with van der Waals surface area (Å²) in [6, 6.07) is 1.68. The molecule has 0 bridgehead atoms. The molecule has 2 aliphatic rings. The molecule has 9 heteroatoms. The van der Waals surface area contributed by atoms with Crippen LogP contribution in [0.15, 0.2) is 11.1 Å². The van der Waals surface area contributed by atoms with Crippen molar-refractivity contribution in [2.75, 3.05) is 25.5 Å². The summed E-state index contributed by atoms with van der Waals surface area (Å²) in [5, 5.41) is 3.44. The molecule has 2 aliphatic heterocycles. The lowest BCUT2D eigenvalue weighted by atomic mass is 10.2. The Morgan fingerprint density at radius 3 is 3.00 bits per heavy atom. The van der Waals surface area contributed by atoms with E-state index in [0.29, 0.717) is 22.3 Å². The van der Waals surface area contributed by atoms with Crippen molar-refractivity contribution in [3.05, 3.63) is 16.5 Å². The second-order valence-electron chi connectivity index (χ2n) is 5.46. The maximum Gasteiger partial charge on any atom is 0.340 e. The highest BCUT2D eigenvalue weighted by Gasteiger charge is 2.39. The fourth-order valence-electron chi connectivity index (χ4n) is 2.59. The number of esters is 1. The normalized spacial score (nSPS) is 19.8. The van der Waals surface area contributed by atoms with Crippen molar-refractivity contribution in [2.45, 2.75) is 25.0 Å². The van der Waals surface area contributed by atoms with Gasteiger partial charge >= 0.3 is 5.97 Å². The third kappa shape index (κ3) is 3.32. The minimum atomic E-state index is -0.493. The average Bonchev–Trinajstić information content (AvgIpc) is 3.07. The number of carbonyl (C=O) groups excluding carboxylic acids is 3. The molecule has 24 heavy (non-hydrogen) atoms. The Labute approximate surface area is 147 Å². The second-order valence-corrected chi connectivity index (χ2v) is 7.88. The molecule has 3 rings (SSSR count). The van der Waals surface area contributed by atoms with Gasteiger partial charge in [-0.2, -0.15) is 0 Å². The van der Waals surface area contributed by atoms with Crippen molar-refractivity contribution in [2.24, 2.45) is 4.99 Å². The molecular formula is C15H17N3O4S2.